The van der Waals surface area contributed by atoms with Gasteiger partial charge >= 0.3 is 11.7 Å². The minimum atomic E-state index is -4.05. The third-order valence-electron chi connectivity index (χ3n) is 7.52. The van der Waals surface area contributed by atoms with Gasteiger partial charge in [0.25, 0.3) is 0 Å². The molecule has 3 N–H and O–H groups in total. The van der Waals surface area contributed by atoms with Crippen molar-refractivity contribution in [3.8, 4) is 11.6 Å². The Morgan fingerprint density at radius 3 is 2.19 bits per heavy atom. The van der Waals surface area contributed by atoms with E-state index in [-0.39, 0.29) is 36.9 Å². The van der Waals surface area contributed by atoms with Crippen LogP contribution in [0, 0.1) is 11.8 Å². The Morgan fingerprint density at radius 2 is 1.64 bits per heavy atom. The molecule has 258 valence electrons. The Labute approximate surface area is 275 Å². The number of amides is 1. The number of aromatic nitrogens is 2. The van der Waals surface area contributed by atoms with Crippen LogP contribution in [-0.2, 0) is 37.3 Å². The predicted octanol–water partition coefficient (Wildman–Crippen LogP) is 2.56. The fraction of sp³-hybridized carbons (Fsp3) is 0.485. The molecular formula is C33H46N4O9S. The number of ether oxygens (including phenoxy) is 2. The summed E-state index contributed by atoms with van der Waals surface area (Å²) in [7, 11) is -2.57. The summed E-state index contributed by atoms with van der Waals surface area (Å²) in [6.07, 6.45) is -0.127. The van der Waals surface area contributed by atoms with Crippen LogP contribution >= 0.6 is 0 Å². The largest absolute Gasteiger partial charge is 0.497 e. The smallest absolute Gasteiger partial charge is 0.332 e. The van der Waals surface area contributed by atoms with Crippen molar-refractivity contribution in [2.45, 2.75) is 70.7 Å². The van der Waals surface area contributed by atoms with E-state index >= 15 is 0 Å². The fourth-order valence-corrected chi connectivity index (χ4v) is 6.87. The van der Waals surface area contributed by atoms with Crippen molar-refractivity contribution >= 4 is 21.9 Å². The topological polar surface area (TPSA) is 169 Å². The highest BCUT2D eigenvalue weighted by molar-refractivity contribution is 7.89. The van der Waals surface area contributed by atoms with Crippen LogP contribution in [0.15, 0.2) is 70.5 Å². The standard InChI is InChI=1S/C33H46N4O9S/c1-7-46-30(40)21-36-29(39)20-37(33(36)42)31(23(4)5)32(41)34-27(17-24-11-9-8-10-12-24)28(38)19-35(18-22(2)3)47(43,44)26-15-13-25(45-6)14-16-26/h8-16,20,22-23,27-28,31,38-39H,7,17-19,21H2,1-6H3,(H,34,41)/t27-,28+,31-/m0/s1. The SMILES string of the molecule is CCOC(=O)Cn1c(O)cn([C@H](C(=O)N[C@@H](Cc2ccccc2)[C@H](O)CN(CC(C)C)S(=O)(=O)c2ccc(OC)cc2)C(C)C)c1=O. The zero-order valence-electron chi connectivity index (χ0n) is 27.7. The molecule has 3 atom stereocenters. The van der Waals surface area contributed by atoms with Crippen molar-refractivity contribution in [1.29, 1.82) is 0 Å². The predicted molar refractivity (Wildman–Crippen MR) is 176 cm³/mol. The summed E-state index contributed by atoms with van der Waals surface area (Å²) in [5.74, 6) is -1.93. The lowest BCUT2D eigenvalue weighted by atomic mass is 9.98. The molecule has 0 aliphatic heterocycles. The summed E-state index contributed by atoms with van der Waals surface area (Å²) in [6.45, 7) is 8.09. The average molecular weight is 675 g/mol. The van der Waals surface area contributed by atoms with E-state index in [4.69, 9.17) is 9.47 Å². The Morgan fingerprint density at radius 1 is 1.00 bits per heavy atom. The maximum Gasteiger partial charge on any atom is 0.332 e. The molecule has 1 heterocycles. The van der Waals surface area contributed by atoms with E-state index in [9.17, 15) is 33.0 Å². The molecule has 0 aliphatic carbocycles. The van der Waals surface area contributed by atoms with Crippen molar-refractivity contribution in [3.63, 3.8) is 0 Å². The Hall–Kier alpha value is -4.14. The third kappa shape index (κ3) is 9.69. The van der Waals surface area contributed by atoms with E-state index in [0.717, 1.165) is 20.9 Å². The monoisotopic (exact) mass is 674 g/mol. The zero-order chi connectivity index (χ0) is 34.9. The summed E-state index contributed by atoms with van der Waals surface area (Å²) >= 11 is 0. The van der Waals surface area contributed by atoms with E-state index in [1.54, 1.807) is 32.9 Å². The molecule has 1 amide bonds. The first-order valence-electron chi connectivity index (χ1n) is 15.5. The number of nitrogens with one attached hydrogen (secondary N) is 1. The molecule has 0 bridgehead atoms. The number of nitrogens with zero attached hydrogens (tertiary/aromatic N) is 3. The van der Waals surface area contributed by atoms with Crippen LogP contribution in [0.25, 0.3) is 0 Å². The number of hydrogen-bond donors (Lipinski definition) is 3. The van der Waals surface area contributed by atoms with Crippen molar-refractivity contribution in [2.75, 3.05) is 26.8 Å². The van der Waals surface area contributed by atoms with Crippen LogP contribution in [0.1, 0.15) is 46.2 Å². The van der Waals surface area contributed by atoms with Crippen LogP contribution in [0.5, 0.6) is 11.6 Å². The van der Waals surface area contributed by atoms with Crippen LogP contribution in [0.3, 0.4) is 0 Å². The number of aromatic hydroxyl groups is 1. The lowest BCUT2D eigenvalue weighted by Gasteiger charge is -2.32. The molecule has 0 saturated carbocycles. The molecule has 0 radical (unpaired) electrons. The molecule has 1 aromatic heterocycles. The molecule has 3 aromatic rings. The second-order valence-electron chi connectivity index (χ2n) is 12.0. The van der Waals surface area contributed by atoms with Gasteiger partial charge in [-0.2, -0.15) is 4.31 Å². The second-order valence-corrected chi connectivity index (χ2v) is 14.0. The van der Waals surface area contributed by atoms with Gasteiger partial charge in [-0.25, -0.2) is 13.2 Å². The van der Waals surface area contributed by atoms with Gasteiger partial charge in [0, 0.05) is 13.1 Å². The van der Waals surface area contributed by atoms with Gasteiger partial charge in [-0.15, -0.1) is 0 Å². The summed E-state index contributed by atoms with van der Waals surface area (Å²) in [5, 5.41) is 25.0. The summed E-state index contributed by atoms with van der Waals surface area (Å²) in [5.41, 5.74) is -0.0139. The van der Waals surface area contributed by atoms with E-state index in [0.29, 0.717) is 5.75 Å². The average Bonchev–Trinajstić information content (AvgIpc) is 3.28. The number of methoxy groups -OCH3 is 1. The van der Waals surface area contributed by atoms with Crippen molar-refractivity contribution in [3.05, 3.63) is 76.8 Å². The first kappa shape index (κ1) is 37.3. The highest BCUT2D eigenvalue weighted by Crippen LogP contribution is 2.23. The summed E-state index contributed by atoms with van der Waals surface area (Å²) in [6, 6.07) is 12.9. The van der Waals surface area contributed by atoms with Gasteiger partial charge in [-0.3, -0.25) is 18.7 Å². The lowest BCUT2D eigenvalue weighted by Crippen LogP contribution is -2.53. The number of carbonyl (C=O) groups excluding carboxylic acids is 2. The highest BCUT2D eigenvalue weighted by atomic mass is 32.2. The van der Waals surface area contributed by atoms with Gasteiger partial charge in [0.15, 0.2) is 0 Å². The number of aliphatic hydroxyl groups excluding tert-OH is 1. The molecule has 0 saturated heterocycles. The molecule has 0 unspecified atom stereocenters. The highest BCUT2D eigenvalue weighted by Gasteiger charge is 2.34. The van der Waals surface area contributed by atoms with Crippen LogP contribution < -0.4 is 15.7 Å². The number of sulfonamides is 1. The zero-order valence-corrected chi connectivity index (χ0v) is 28.5. The number of rotatable bonds is 17. The van der Waals surface area contributed by atoms with Crippen molar-refractivity contribution < 1.29 is 37.7 Å². The maximum absolute atomic E-state index is 13.9. The van der Waals surface area contributed by atoms with Gasteiger partial charge in [0.1, 0.15) is 18.3 Å². The van der Waals surface area contributed by atoms with Gasteiger partial charge in [0.2, 0.25) is 21.8 Å². The molecule has 3 rings (SSSR count). The fourth-order valence-electron chi connectivity index (χ4n) is 5.25. The molecule has 47 heavy (non-hydrogen) atoms. The maximum atomic E-state index is 13.9. The molecule has 0 spiro atoms. The van der Waals surface area contributed by atoms with Gasteiger partial charge in [-0.1, -0.05) is 58.0 Å². The van der Waals surface area contributed by atoms with E-state index in [2.05, 4.69) is 5.32 Å². The first-order chi connectivity index (χ1) is 22.2. The molecular weight excluding hydrogens is 628 g/mol. The number of hydrogen-bond acceptors (Lipinski definition) is 9. The van der Waals surface area contributed by atoms with E-state index in [1.165, 1.54) is 23.5 Å². The van der Waals surface area contributed by atoms with Crippen LogP contribution in [0.2, 0.25) is 0 Å². The second kappa shape index (κ2) is 16.6. The quantitative estimate of drug-likeness (QED) is 0.182. The van der Waals surface area contributed by atoms with Crippen LogP contribution in [-0.4, -0.2) is 82.9 Å². The molecule has 2 aromatic carbocycles. The van der Waals surface area contributed by atoms with E-state index in [1.807, 2.05) is 44.2 Å². The number of aliphatic hydroxyl groups is 1. The number of esters is 1. The lowest BCUT2D eigenvalue weighted by molar-refractivity contribution is -0.144. The Bertz CT molecular complexity index is 1630. The number of carbonyl (C=O) groups is 2. The Kier molecular flexibility index (Phi) is 13.2. The number of benzene rings is 2. The van der Waals surface area contributed by atoms with Crippen molar-refractivity contribution in [2.24, 2.45) is 11.8 Å². The summed E-state index contributed by atoms with van der Waals surface area (Å²) in [4.78, 5) is 39.3. The van der Waals surface area contributed by atoms with Gasteiger partial charge in [0.05, 0.1) is 37.0 Å². The van der Waals surface area contributed by atoms with Crippen molar-refractivity contribution in [1.82, 2.24) is 18.8 Å². The minimum absolute atomic E-state index is 0.0289. The third-order valence-corrected chi connectivity index (χ3v) is 9.37. The molecule has 14 heteroatoms. The first-order valence-corrected chi connectivity index (χ1v) is 17.0. The molecule has 13 nitrogen and oxygen atoms in total. The normalized spacial score (nSPS) is 13.8. The Balaban J connectivity index is 1.96. The van der Waals surface area contributed by atoms with Crippen LogP contribution in [0.4, 0.5) is 0 Å². The summed E-state index contributed by atoms with van der Waals surface area (Å²) < 4.78 is 40.6. The van der Waals surface area contributed by atoms with Gasteiger partial charge < -0.3 is 25.0 Å². The number of imidazole rings is 1. The van der Waals surface area contributed by atoms with E-state index < -0.39 is 64.1 Å². The van der Waals surface area contributed by atoms with Gasteiger partial charge in [-0.05, 0) is 55.0 Å². The molecule has 0 fully saturated rings. The molecule has 0 aliphatic rings. The minimum Gasteiger partial charge on any atom is -0.497 e.